The summed E-state index contributed by atoms with van der Waals surface area (Å²) in [5.41, 5.74) is 3.57. The van der Waals surface area contributed by atoms with Gasteiger partial charge in [-0.3, -0.25) is 4.90 Å². The molecule has 0 aromatic heterocycles. The number of hydrogen-bond acceptors (Lipinski definition) is 4. The summed E-state index contributed by atoms with van der Waals surface area (Å²) < 4.78 is 5.42. The van der Waals surface area contributed by atoms with E-state index in [-0.39, 0.29) is 0 Å². The second-order valence-electron chi connectivity index (χ2n) is 5.87. The zero-order valence-electron chi connectivity index (χ0n) is 13.9. The summed E-state index contributed by atoms with van der Waals surface area (Å²) in [6, 6.07) is 18.9. The van der Waals surface area contributed by atoms with Gasteiger partial charge in [0.05, 0.1) is 24.6 Å². The Kier molecular flexibility index (Phi) is 7.23. The van der Waals surface area contributed by atoms with Gasteiger partial charge in [-0.25, -0.2) is 0 Å². The molecule has 0 amide bonds. The van der Waals surface area contributed by atoms with Gasteiger partial charge in [0.2, 0.25) is 6.67 Å². The second kappa shape index (κ2) is 9.62. The van der Waals surface area contributed by atoms with Gasteiger partial charge in [0, 0.05) is 31.9 Å². The number of para-hydroxylation sites is 3. The van der Waals surface area contributed by atoms with Crippen LogP contribution in [-0.2, 0) is 24.7 Å². The first-order valence-corrected chi connectivity index (χ1v) is 10.2. The van der Waals surface area contributed by atoms with E-state index in [2.05, 4.69) is 99.1 Å². The second-order valence-corrected chi connectivity index (χ2v) is 5.87. The molecule has 1 fully saturated rings. The van der Waals surface area contributed by atoms with Crippen molar-refractivity contribution in [1.82, 2.24) is 4.90 Å². The van der Waals surface area contributed by atoms with Crippen molar-refractivity contribution >= 4 is 26.3 Å². The van der Waals surface area contributed by atoms with Gasteiger partial charge in [0.15, 0.2) is 0 Å². The molecule has 4 rings (SSSR count). The molecule has 0 aliphatic carbocycles. The van der Waals surface area contributed by atoms with Crippen LogP contribution in [0.25, 0.3) is 0 Å². The number of anilines is 3. The summed E-state index contributed by atoms with van der Waals surface area (Å²) >= 11 is 2.42. The predicted molar refractivity (Wildman–Crippen MR) is 98.7 cm³/mol. The first-order chi connectivity index (χ1) is 12.4. The molecular formula is C19H21AgClN3O. The summed E-state index contributed by atoms with van der Waals surface area (Å²) in [4.78, 5) is 6.84. The van der Waals surface area contributed by atoms with Crippen LogP contribution in [-0.4, -0.2) is 44.3 Å². The Morgan fingerprint density at radius 1 is 0.880 bits per heavy atom. The van der Waals surface area contributed by atoms with Gasteiger partial charge in [0.1, 0.15) is 0 Å². The number of benzene rings is 2. The fourth-order valence-corrected chi connectivity index (χ4v) is 3.12. The maximum absolute atomic E-state index is 5.42. The number of morpholine rings is 1. The Labute approximate surface area is 166 Å². The number of hydrogen-bond donors (Lipinski definition) is 0. The van der Waals surface area contributed by atoms with Crippen molar-refractivity contribution in [2.45, 2.75) is 0 Å². The van der Waals surface area contributed by atoms with E-state index < -0.39 is 0 Å². The van der Waals surface area contributed by atoms with Crippen molar-refractivity contribution in [3.63, 3.8) is 0 Å². The number of nitrogens with zero attached hydrogens (tertiary/aromatic N) is 3. The molecule has 0 bridgehead atoms. The molecule has 136 valence electrons. The Morgan fingerprint density at radius 2 is 1.52 bits per heavy atom. The first-order valence-electron chi connectivity index (χ1n) is 8.31. The third-order valence-corrected chi connectivity index (χ3v) is 4.39. The summed E-state index contributed by atoms with van der Waals surface area (Å²) in [5.74, 6) is 0. The third kappa shape index (κ3) is 4.59. The zero-order valence-corrected chi connectivity index (χ0v) is 16.1. The molecule has 4 nitrogen and oxygen atoms in total. The Hall–Kier alpha value is -1.01. The van der Waals surface area contributed by atoms with Crippen molar-refractivity contribution in [1.29, 1.82) is 0 Å². The van der Waals surface area contributed by atoms with E-state index in [0.29, 0.717) is 0 Å². The number of halogens is 1. The van der Waals surface area contributed by atoms with Crippen LogP contribution in [0.2, 0.25) is 0 Å². The van der Waals surface area contributed by atoms with Crippen molar-refractivity contribution in [2.24, 2.45) is 0 Å². The van der Waals surface area contributed by atoms with Crippen molar-refractivity contribution < 1.29 is 24.7 Å². The summed E-state index contributed by atoms with van der Waals surface area (Å²) in [5, 5.41) is 0. The van der Waals surface area contributed by atoms with Gasteiger partial charge < -0.3 is 14.5 Å². The molecular weight excluding hydrogens is 430 g/mol. The van der Waals surface area contributed by atoms with Crippen LogP contribution in [0.4, 0.5) is 17.1 Å². The average Bonchev–Trinajstić information content (AvgIpc) is 3.08. The molecule has 2 aliphatic heterocycles. The molecule has 0 saturated carbocycles. The van der Waals surface area contributed by atoms with Crippen LogP contribution >= 0.6 is 9.19 Å². The van der Waals surface area contributed by atoms with Gasteiger partial charge in [-0.05, 0) is 24.3 Å². The fourth-order valence-electron chi connectivity index (χ4n) is 3.12. The van der Waals surface area contributed by atoms with E-state index in [9.17, 15) is 0 Å². The standard InChI is InChI=1S/C19H21N3O.Ag.ClH/c1-2-6-17(7-3-1)22-16-21(18-8-4-5-9-19(18)22)11-10-20-12-14-23-15-13-20;;/h1-9H,10-15H2;;1H/q;+1;/p-1. The zero-order chi connectivity index (χ0) is 17.5. The van der Waals surface area contributed by atoms with Crippen LogP contribution in [0.5, 0.6) is 0 Å². The van der Waals surface area contributed by atoms with E-state index in [0.717, 1.165) is 45.1 Å². The topological polar surface area (TPSA) is 19.0 Å². The first kappa shape index (κ1) is 18.8. The predicted octanol–water partition coefficient (Wildman–Crippen LogP) is 3.66. The quantitative estimate of drug-likeness (QED) is 0.662. The van der Waals surface area contributed by atoms with Gasteiger partial charge >= 0.3 is 29.2 Å². The summed E-state index contributed by atoms with van der Waals surface area (Å²) in [6.45, 7) is 9.25. The molecule has 0 spiro atoms. The minimum atomic E-state index is 0.847. The molecule has 2 aromatic carbocycles. The van der Waals surface area contributed by atoms with Gasteiger partial charge in [-0.15, -0.1) is 0 Å². The van der Waals surface area contributed by atoms with E-state index in [1.54, 1.807) is 0 Å². The molecule has 2 aromatic rings. The SMILES string of the molecule is [C]1N(CCN2CCOCC2)c2ccccc2N1c1ccccc1.[Cl][Ag]. The Balaban J connectivity index is 0.000000880. The monoisotopic (exact) mass is 449 g/mol. The summed E-state index contributed by atoms with van der Waals surface area (Å²) in [7, 11) is 4.45. The normalized spacial score (nSPS) is 17.1. The number of fused-ring (bicyclic) bond motifs is 1. The molecule has 0 atom stereocenters. The molecule has 2 radical (unpaired) electrons. The Morgan fingerprint density at radius 3 is 2.24 bits per heavy atom. The molecule has 25 heavy (non-hydrogen) atoms. The van der Waals surface area contributed by atoms with E-state index >= 15 is 0 Å². The van der Waals surface area contributed by atoms with Gasteiger partial charge in [-0.2, -0.15) is 0 Å². The van der Waals surface area contributed by atoms with E-state index in [4.69, 9.17) is 4.74 Å². The molecule has 6 heteroatoms. The number of ether oxygens (including phenoxy) is 1. The van der Waals surface area contributed by atoms with Gasteiger partial charge in [0.25, 0.3) is 0 Å². The van der Waals surface area contributed by atoms with Crippen molar-refractivity contribution in [2.75, 3.05) is 49.2 Å². The van der Waals surface area contributed by atoms with Crippen molar-refractivity contribution in [3.05, 3.63) is 61.3 Å². The fraction of sp³-hybridized carbons (Fsp3) is 0.316. The molecule has 0 N–H and O–H groups in total. The molecule has 0 unspecified atom stereocenters. The minimum absolute atomic E-state index is 0.847. The van der Waals surface area contributed by atoms with Crippen molar-refractivity contribution in [3.8, 4) is 0 Å². The summed E-state index contributed by atoms with van der Waals surface area (Å²) in [6.07, 6.45) is 0. The van der Waals surface area contributed by atoms with Crippen LogP contribution in [0.15, 0.2) is 54.6 Å². The Bertz CT molecular complexity index is 652. The third-order valence-electron chi connectivity index (χ3n) is 4.39. The van der Waals surface area contributed by atoms with Crippen LogP contribution in [0.3, 0.4) is 0 Å². The van der Waals surface area contributed by atoms with Crippen LogP contribution in [0, 0.1) is 6.67 Å². The van der Waals surface area contributed by atoms with E-state index in [1.807, 2.05) is 6.07 Å². The van der Waals surface area contributed by atoms with Crippen LogP contribution in [0.1, 0.15) is 0 Å². The number of rotatable bonds is 4. The molecule has 2 heterocycles. The molecule has 2 aliphatic rings. The average molecular weight is 451 g/mol. The maximum atomic E-state index is 5.42. The van der Waals surface area contributed by atoms with Gasteiger partial charge in [-0.1, -0.05) is 30.3 Å². The van der Waals surface area contributed by atoms with E-state index in [1.165, 1.54) is 11.4 Å². The molecule has 1 saturated heterocycles. The van der Waals surface area contributed by atoms with Crippen LogP contribution < -0.4 is 9.80 Å².